The van der Waals surface area contributed by atoms with Gasteiger partial charge in [0.2, 0.25) is 0 Å². The molecule has 1 aliphatic rings. The highest BCUT2D eigenvalue weighted by atomic mass is 32.2. The van der Waals surface area contributed by atoms with Crippen LogP contribution in [0.2, 0.25) is 0 Å². The first kappa shape index (κ1) is 11.9. The summed E-state index contributed by atoms with van der Waals surface area (Å²) in [6.07, 6.45) is 0.611. The van der Waals surface area contributed by atoms with Crippen molar-refractivity contribution in [1.82, 2.24) is 5.32 Å². The third-order valence-corrected chi connectivity index (χ3v) is 3.79. The SMILES string of the molecule is C[C@@H](O)CNC1CCSc2ccc(F)cc21. The Morgan fingerprint density at radius 3 is 3.19 bits per heavy atom. The van der Waals surface area contributed by atoms with Crippen LogP contribution in [-0.2, 0) is 0 Å². The van der Waals surface area contributed by atoms with E-state index in [4.69, 9.17) is 0 Å². The first-order valence-electron chi connectivity index (χ1n) is 5.50. The predicted octanol–water partition coefficient (Wildman–Crippen LogP) is 2.33. The van der Waals surface area contributed by atoms with Crippen LogP contribution < -0.4 is 5.32 Å². The van der Waals surface area contributed by atoms with E-state index in [2.05, 4.69) is 5.32 Å². The minimum absolute atomic E-state index is 0.168. The van der Waals surface area contributed by atoms with Gasteiger partial charge in [-0.15, -0.1) is 11.8 Å². The van der Waals surface area contributed by atoms with Gasteiger partial charge >= 0.3 is 0 Å². The van der Waals surface area contributed by atoms with E-state index in [-0.39, 0.29) is 18.0 Å². The number of nitrogens with one attached hydrogen (secondary N) is 1. The minimum Gasteiger partial charge on any atom is -0.392 e. The minimum atomic E-state index is -0.369. The lowest BCUT2D eigenvalue weighted by Gasteiger charge is -2.26. The maximum Gasteiger partial charge on any atom is 0.123 e. The van der Waals surface area contributed by atoms with Crippen molar-refractivity contribution < 1.29 is 9.50 Å². The number of hydrogen-bond acceptors (Lipinski definition) is 3. The topological polar surface area (TPSA) is 32.3 Å². The Morgan fingerprint density at radius 2 is 2.44 bits per heavy atom. The fourth-order valence-corrected chi connectivity index (χ4v) is 3.00. The molecular formula is C12H16FNOS. The van der Waals surface area contributed by atoms with Crippen LogP contribution in [0.3, 0.4) is 0 Å². The number of thioether (sulfide) groups is 1. The number of fused-ring (bicyclic) bond motifs is 1. The zero-order valence-corrected chi connectivity index (χ0v) is 10.1. The fourth-order valence-electron chi connectivity index (χ4n) is 1.89. The van der Waals surface area contributed by atoms with Gasteiger partial charge in [-0.25, -0.2) is 4.39 Å². The van der Waals surface area contributed by atoms with Crippen LogP contribution in [0.5, 0.6) is 0 Å². The lowest BCUT2D eigenvalue weighted by Crippen LogP contribution is -2.30. The molecule has 88 valence electrons. The Balaban J connectivity index is 2.15. The molecule has 0 aromatic heterocycles. The van der Waals surface area contributed by atoms with E-state index >= 15 is 0 Å². The summed E-state index contributed by atoms with van der Waals surface area (Å²) < 4.78 is 13.2. The Labute approximate surface area is 99.2 Å². The zero-order chi connectivity index (χ0) is 11.5. The van der Waals surface area contributed by atoms with Crippen LogP contribution in [0.4, 0.5) is 4.39 Å². The van der Waals surface area contributed by atoms with Crippen molar-refractivity contribution in [2.75, 3.05) is 12.3 Å². The molecule has 1 heterocycles. The maximum atomic E-state index is 13.2. The Morgan fingerprint density at radius 1 is 1.62 bits per heavy atom. The molecule has 0 saturated carbocycles. The van der Waals surface area contributed by atoms with Crippen molar-refractivity contribution in [2.24, 2.45) is 0 Å². The molecule has 1 aromatic carbocycles. The first-order valence-corrected chi connectivity index (χ1v) is 6.49. The van der Waals surface area contributed by atoms with Gasteiger partial charge in [0.05, 0.1) is 6.10 Å². The second kappa shape index (κ2) is 5.17. The highest BCUT2D eigenvalue weighted by Crippen LogP contribution is 2.36. The van der Waals surface area contributed by atoms with E-state index in [0.717, 1.165) is 22.6 Å². The molecule has 2 rings (SSSR count). The molecule has 1 unspecified atom stereocenters. The summed E-state index contributed by atoms with van der Waals surface area (Å²) in [7, 11) is 0. The molecule has 4 heteroatoms. The van der Waals surface area contributed by atoms with Gasteiger partial charge < -0.3 is 10.4 Å². The standard InChI is InChI=1S/C12H16FNOS/c1-8(15)7-14-11-4-5-16-12-3-2-9(13)6-10(11)12/h2-3,6,8,11,14-15H,4-5,7H2,1H3/t8-,11?/m1/s1. The predicted molar refractivity (Wildman–Crippen MR) is 64.2 cm³/mol. The molecule has 2 nitrogen and oxygen atoms in total. The van der Waals surface area contributed by atoms with Crippen molar-refractivity contribution >= 4 is 11.8 Å². The molecule has 2 atom stereocenters. The lowest BCUT2D eigenvalue weighted by atomic mass is 10.0. The van der Waals surface area contributed by atoms with Crippen LogP contribution in [0.1, 0.15) is 24.9 Å². The van der Waals surface area contributed by atoms with Crippen molar-refractivity contribution in [1.29, 1.82) is 0 Å². The third kappa shape index (κ3) is 2.75. The largest absolute Gasteiger partial charge is 0.392 e. The Bertz CT molecular complexity index is 370. The van der Waals surface area contributed by atoms with Gasteiger partial charge in [-0.3, -0.25) is 0 Å². The summed E-state index contributed by atoms with van der Waals surface area (Å²) in [6, 6.07) is 5.11. The van der Waals surface area contributed by atoms with Crippen molar-refractivity contribution in [3.05, 3.63) is 29.6 Å². The van der Waals surface area contributed by atoms with Crippen LogP contribution in [0, 0.1) is 5.82 Å². The molecule has 0 fully saturated rings. The van der Waals surface area contributed by atoms with E-state index in [9.17, 15) is 9.50 Å². The summed E-state index contributed by atoms with van der Waals surface area (Å²) >= 11 is 1.77. The smallest absolute Gasteiger partial charge is 0.123 e. The average Bonchev–Trinajstić information content (AvgIpc) is 2.26. The van der Waals surface area contributed by atoms with Crippen LogP contribution in [0.25, 0.3) is 0 Å². The molecule has 1 aliphatic heterocycles. The van der Waals surface area contributed by atoms with E-state index < -0.39 is 0 Å². The van der Waals surface area contributed by atoms with Gasteiger partial charge in [0.1, 0.15) is 5.82 Å². The summed E-state index contributed by atoms with van der Waals surface area (Å²) in [4.78, 5) is 1.15. The molecule has 0 spiro atoms. The summed E-state index contributed by atoms with van der Waals surface area (Å²) in [6.45, 7) is 2.29. The summed E-state index contributed by atoms with van der Waals surface area (Å²) in [5, 5.41) is 12.5. The van der Waals surface area contributed by atoms with E-state index in [0.29, 0.717) is 6.54 Å². The first-order chi connectivity index (χ1) is 7.66. The quantitative estimate of drug-likeness (QED) is 0.852. The van der Waals surface area contributed by atoms with Crippen molar-refractivity contribution in [3.8, 4) is 0 Å². The molecule has 2 N–H and O–H groups in total. The normalized spacial score (nSPS) is 21.6. The third-order valence-electron chi connectivity index (χ3n) is 2.67. The highest BCUT2D eigenvalue weighted by molar-refractivity contribution is 7.99. The van der Waals surface area contributed by atoms with E-state index in [1.54, 1.807) is 24.8 Å². The maximum absolute atomic E-state index is 13.2. The number of aliphatic hydroxyl groups excluding tert-OH is 1. The molecule has 0 aliphatic carbocycles. The lowest BCUT2D eigenvalue weighted by molar-refractivity contribution is 0.185. The van der Waals surface area contributed by atoms with E-state index in [1.807, 2.05) is 6.07 Å². The molecule has 0 amide bonds. The zero-order valence-electron chi connectivity index (χ0n) is 9.24. The highest BCUT2D eigenvalue weighted by Gasteiger charge is 2.20. The van der Waals surface area contributed by atoms with Crippen molar-refractivity contribution in [3.63, 3.8) is 0 Å². The van der Waals surface area contributed by atoms with Gasteiger partial charge in [0.15, 0.2) is 0 Å². The van der Waals surface area contributed by atoms with Gasteiger partial charge in [0, 0.05) is 17.5 Å². The van der Waals surface area contributed by atoms with Crippen LogP contribution >= 0.6 is 11.8 Å². The number of rotatable bonds is 3. The second-order valence-electron chi connectivity index (χ2n) is 4.13. The monoisotopic (exact) mass is 241 g/mol. The number of benzene rings is 1. The van der Waals surface area contributed by atoms with Gasteiger partial charge in [-0.05, 0) is 42.9 Å². The van der Waals surface area contributed by atoms with Gasteiger partial charge in [0.25, 0.3) is 0 Å². The fraction of sp³-hybridized carbons (Fsp3) is 0.500. The molecule has 0 radical (unpaired) electrons. The number of halogens is 1. The van der Waals surface area contributed by atoms with Crippen LogP contribution in [-0.4, -0.2) is 23.5 Å². The molecule has 0 saturated heterocycles. The van der Waals surface area contributed by atoms with Crippen LogP contribution in [0.15, 0.2) is 23.1 Å². The Kier molecular flexibility index (Phi) is 3.84. The molecule has 1 aromatic rings. The Hall–Kier alpha value is -0.580. The molecular weight excluding hydrogens is 225 g/mol. The number of hydrogen-bond donors (Lipinski definition) is 2. The molecule has 16 heavy (non-hydrogen) atoms. The van der Waals surface area contributed by atoms with Crippen molar-refractivity contribution in [2.45, 2.75) is 30.4 Å². The van der Waals surface area contributed by atoms with Gasteiger partial charge in [-0.2, -0.15) is 0 Å². The number of aliphatic hydroxyl groups is 1. The second-order valence-corrected chi connectivity index (χ2v) is 5.27. The average molecular weight is 241 g/mol. The molecule has 0 bridgehead atoms. The summed E-state index contributed by atoms with van der Waals surface area (Å²) in [5.74, 6) is 0.848. The van der Waals surface area contributed by atoms with Gasteiger partial charge in [-0.1, -0.05) is 0 Å². The summed E-state index contributed by atoms with van der Waals surface area (Å²) in [5.41, 5.74) is 1.02. The van der Waals surface area contributed by atoms with E-state index in [1.165, 1.54) is 6.07 Å².